The van der Waals surface area contributed by atoms with E-state index >= 15 is 0 Å². The summed E-state index contributed by atoms with van der Waals surface area (Å²) >= 11 is 0. The highest BCUT2D eigenvalue weighted by Gasteiger charge is 2.12. The van der Waals surface area contributed by atoms with Crippen LogP contribution < -0.4 is 5.32 Å². The molecule has 2 amide bonds. The van der Waals surface area contributed by atoms with Gasteiger partial charge in [-0.25, -0.2) is 0 Å². The Balaban J connectivity index is 2.43. The van der Waals surface area contributed by atoms with Gasteiger partial charge in [-0.2, -0.15) is 0 Å². The summed E-state index contributed by atoms with van der Waals surface area (Å²) in [5.41, 5.74) is 2.26. The van der Waals surface area contributed by atoms with Gasteiger partial charge in [-0.05, 0) is 24.5 Å². The van der Waals surface area contributed by atoms with E-state index < -0.39 is 0 Å². The highest BCUT2D eigenvalue weighted by Crippen LogP contribution is 2.11. The maximum absolute atomic E-state index is 11.8. The van der Waals surface area contributed by atoms with Crippen molar-refractivity contribution in [1.82, 2.24) is 10.2 Å². The van der Waals surface area contributed by atoms with E-state index in [1.165, 1.54) is 6.92 Å². The van der Waals surface area contributed by atoms with Gasteiger partial charge in [0, 0.05) is 46.7 Å². The molecular weight excluding hydrogens is 280 g/mol. The molecule has 1 N–H and O–H groups in total. The highest BCUT2D eigenvalue weighted by molar-refractivity contribution is 5.78. The van der Waals surface area contributed by atoms with Crippen molar-refractivity contribution in [3.05, 3.63) is 35.4 Å². The lowest BCUT2D eigenvalue weighted by Crippen LogP contribution is -2.34. The Bertz CT molecular complexity index is 489. The molecule has 0 aromatic heterocycles. The fourth-order valence-electron chi connectivity index (χ4n) is 2.11. The molecule has 0 spiro atoms. The largest absolute Gasteiger partial charge is 0.385 e. The van der Waals surface area contributed by atoms with Gasteiger partial charge in [-0.3, -0.25) is 9.59 Å². The molecule has 0 atom stereocenters. The number of carbonyl (C=O) groups is 2. The third kappa shape index (κ3) is 6.72. The number of ether oxygens (including phenoxy) is 1. The predicted molar refractivity (Wildman–Crippen MR) is 86.4 cm³/mol. The first-order valence-corrected chi connectivity index (χ1v) is 7.60. The molecular formula is C17H26N2O3. The highest BCUT2D eigenvalue weighted by atomic mass is 16.5. The zero-order chi connectivity index (χ0) is 16.4. The Morgan fingerprint density at radius 1 is 1.27 bits per heavy atom. The van der Waals surface area contributed by atoms with Crippen molar-refractivity contribution in [2.24, 2.45) is 0 Å². The summed E-state index contributed by atoms with van der Waals surface area (Å²) in [5.74, 6) is -0.0532. The number of carbonyl (C=O) groups excluding carboxylic acids is 2. The zero-order valence-electron chi connectivity index (χ0n) is 13.7. The Morgan fingerprint density at radius 2 is 2.00 bits per heavy atom. The third-order valence-electron chi connectivity index (χ3n) is 3.52. The number of nitrogens with one attached hydrogen (secondary N) is 1. The lowest BCUT2D eigenvalue weighted by Gasteiger charge is -2.22. The zero-order valence-corrected chi connectivity index (χ0v) is 13.7. The van der Waals surface area contributed by atoms with Gasteiger partial charge < -0.3 is 15.0 Å². The summed E-state index contributed by atoms with van der Waals surface area (Å²) in [6.45, 7) is 5.77. The Kier molecular flexibility index (Phi) is 8.22. The van der Waals surface area contributed by atoms with Gasteiger partial charge in [0.25, 0.3) is 0 Å². The van der Waals surface area contributed by atoms with Crippen LogP contribution in [0.4, 0.5) is 0 Å². The fraction of sp³-hybridized carbons (Fsp3) is 0.529. The van der Waals surface area contributed by atoms with Crippen LogP contribution in [0.2, 0.25) is 0 Å². The second-order valence-electron chi connectivity index (χ2n) is 5.31. The summed E-state index contributed by atoms with van der Waals surface area (Å²) in [5, 5.41) is 2.83. The number of hydrogen-bond acceptors (Lipinski definition) is 3. The minimum absolute atomic E-state index is 0.0181. The van der Waals surface area contributed by atoms with E-state index in [9.17, 15) is 9.59 Å². The van der Waals surface area contributed by atoms with Crippen LogP contribution in [-0.4, -0.2) is 43.5 Å². The number of aryl methyl sites for hydroxylation is 1. The number of hydrogen-bond donors (Lipinski definition) is 1. The van der Waals surface area contributed by atoms with E-state index in [0.29, 0.717) is 32.7 Å². The SMILES string of the molecule is COCCCNC(=O)CCN(Cc1ccccc1C)C(C)=O. The molecule has 0 aliphatic heterocycles. The van der Waals surface area contributed by atoms with Crippen LogP contribution in [0.5, 0.6) is 0 Å². The molecule has 0 radical (unpaired) electrons. The van der Waals surface area contributed by atoms with Crippen molar-refractivity contribution in [3.8, 4) is 0 Å². The number of methoxy groups -OCH3 is 1. The first-order valence-electron chi connectivity index (χ1n) is 7.60. The van der Waals surface area contributed by atoms with E-state index in [0.717, 1.165) is 17.5 Å². The molecule has 1 rings (SSSR count). The minimum Gasteiger partial charge on any atom is -0.385 e. The van der Waals surface area contributed by atoms with Gasteiger partial charge in [0.1, 0.15) is 0 Å². The van der Waals surface area contributed by atoms with Gasteiger partial charge in [0.15, 0.2) is 0 Å². The molecule has 0 saturated heterocycles. The third-order valence-corrected chi connectivity index (χ3v) is 3.52. The standard InChI is InChI=1S/C17H26N2O3/c1-14-7-4-5-8-16(14)13-19(15(2)20)11-9-17(21)18-10-6-12-22-3/h4-5,7-8H,6,9-13H2,1-3H3,(H,18,21). The number of rotatable bonds is 9. The molecule has 0 aliphatic carbocycles. The molecule has 0 bridgehead atoms. The molecule has 0 heterocycles. The van der Waals surface area contributed by atoms with E-state index in [4.69, 9.17) is 4.74 Å². The number of nitrogens with zero attached hydrogens (tertiary/aromatic N) is 1. The predicted octanol–water partition coefficient (Wildman–Crippen LogP) is 1.89. The average molecular weight is 306 g/mol. The molecule has 0 unspecified atom stereocenters. The van der Waals surface area contributed by atoms with Crippen LogP contribution in [0, 0.1) is 6.92 Å². The topological polar surface area (TPSA) is 58.6 Å². The monoisotopic (exact) mass is 306 g/mol. The van der Waals surface area contributed by atoms with Gasteiger partial charge in [0.2, 0.25) is 11.8 Å². The Hall–Kier alpha value is -1.88. The van der Waals surface area contributed by atoms with Crippen molar-refractivity contribution < 1.29 is 14.3 Å². The van der Waals surface area contributed by atoms with Crippen LogP contribution in [0.25, 0.3) is 0 Å². The van der Waals surface area contributed by atoms with Gasteiger partial charge >= 0.3 is 0 Å². The smallest absolute Gasteiger partial charge is 0.221 e. The Morgan fingerprint density at radius 3 is 2.64 bits per heavy atom. The first-order chi connectivity index (χ1) is 10.5. The fourth-order valence-corrected chi connectivity index (χ4v) is 2.11. The van der Waals surface area contributed by atoms with Crippen LogP contribution in [-0.2, 0) is 20.9 Å². The Labute approximate surface area is 132 Å². The lowest BCUT2D eigenvalue weighted by molar-refractivity contribution is -0.130. The summed E-state index contributed by atoms with van der Waals surface area (Å²) in [7, 11) is 1.64. The lowest BCUT2D eigenvalue weighted by atomic mass is 10.1. The second kappa shape index (κ2) is 9.95. The van der Waals surface area contributed by atoms with Crippen molar-refractivity contribution in [2.75, 3.05) is 26.8 Å². The quantitative estimate of drug-likeness (QED) is 0.709. The van der Waals surface area contributed by atoms with E-state index in [1.807, 2.05) is 31.2 Å². The molecule has 122 valence electrons. The maximum atomic E-state index is 11.8. The normalized spacial score (nSPS) is 10.3. The van der Waals surface area contributed by atoms with Crippen LogP contribution >= 0.6 is 0 Å². The average Bonchev–Trinajstić information content (AvgIpc) is 2.49. The summed E-state index contributed by atoms with van der Waals surface area (Å²) in [4.78, 5) is 25.2. The number of amides is 2. The van der Waals surface area contributed by atoms with Crippen molar-refractivity contribution in [3.63, 3.8) is 0 Å². The van der Waals surface area contributed by atoms with Crippen molar-refractivity contribution in [1.29, 1.82) is 0 Å². The van der Waals surface area contributed by atoms with E-state index in [2.05, 4.69) is 5.32 Å². The molecule has 1 aromatic carbocycles. The van der Waals surface area contributed by atoms with E-state index in [1.54, 1.807) is 12.0 Å². The molecule has 22 heavy (non-hydrogen) atoms. The van der Waals surface area contributed by atoms with Crippen molar-refractivity contribution in [2.45, 2.75) is 33.2 Å². The molecule has 0 saturated carbocycles. The summed E-state index contributed by atoms with van der Waals surface area (Å²) in [6, 6.07) is 7.97. The van der Waals surface area contributed by atoms with Gasteiger partial charge in [0.05, 0.1) is 0 Å². The van der Waals surface area contributed by atoms with Gasteiger partial charge in [-0.1, -0.05) is 24.3 Å². The van der Waals surface area contributed by atoms with Gasteiger partial charge in [-0.15, -0.1) is 0 Å². The second-order valence-corrected chi connectivity index (χ2v) is 5.31. The minimum atomic E-state index is -0.0351. The molecule has 0 fully saturated rings. The molecule has 1 aromatic rings. The summed E-state index contributed by atoms with van der Waals surface area (Å²) < 4.78 is 4.93. The van der Waals surface area contributed by atoms with Crippen molar-refractivity contribution >= 4 is 11.8 Å². The summed E-state index contributed by atoms with van der Waals surface area (Å²) in [6.07, 6.45) is 1.11. The maximum Gasteiger partial charge on any atom is 0.221 e. The van der Waals surface area contributed by atoms with Crippen LogP contribution in [0.1, 0.15) is 30.9 Å². The van der Waals surface area contributed by atoms with Crippen LogP contribution in [0.3, 0.4) is 0 Å². The molecule has 0 aliphatic rings. The molecule has 5 nitrogen and oxygen atoms in total. The van der Waals surface area contributed by atoms with Crippen LogP contribution in [0.15, 0.2) is 24.3 Å². The van der Waals surface area contributed by atoms with E-state index in [-0.39, 0.29) is 11.8 Å². The number of benzene rings is 1. The first kappa shape index (κ1) is 18.2. The molecule has 5 heteroatoms.